The van der Waals surface area contributed by atoms with Crippen molar-refractivity contribution in [1.29, 1.82) is 0 Å². The molecule has 0 spiro atoms. The predicted octanol–water partition coefficient (Wildman–Crippen LogP) is 5.09. The van der Waals surface area contributed by atoms with E-state index in [1.807, 2.05) is 51.1 Å². The van der Waals surface area contributed by atoms with Crippen LogP contribution in [0.4, 0.5) is 5.69 Å². The van der Waals surface area contributed by atoms with Crippen molar-refractivity contribution in [3.05, 3.63) is 87.9 Å². The molecule has 0 unspecified atom stereocenters. The summed E-state index contributed by atoms with van der Waals surface area (Å²) in [6, 6.07) is 16.9. The number of carbonyl (C=O) groups excluding carboxylic acids is 1. The molecule has 0 radical (unpaired) electrons. The SMILES string of the molecule is CCOc1cccc(CNC(=O)c2ccc(Cl)c(S(=O)(=O)Nc3cccc(C)c3C)c2)c1. The van der Waals surface area contributed by atoms with Crippen molar-refractivity contribution >= 4 is 33.2 Å². The molecule has 32 heavy (non-hydrogen) atoms. The summed E-state index contributed by atoms with van der Waals surface area (Å²) >= 11 is 6.18. The van der Waals surface area contributed by atoms with Crippen LogP contribution in [0.3, 0.4) is 0 Å². The number of ether oxygens (including phenoxy) is 1. The number of nitrogens with one attached hydrogen (secondary N) is 2. The van der Waals surface area contributed by atoms with Crippen molar-refractivity contribution in [2.24, 2.45) is 0 Å². The first-order chi connectivity index (χ1) is 15.2. The van der Waals surface area contributed by atoms with Gasteiger partial charge in [0.15, 0.2) is 0 Å². The topological polar surface area (TPSA) is 84.5 Å². The first-order valence-electron chi connectivity index (χ1n) is 10.1. The van der Waals surface area contributed by atoms with Gasteiger partial charge in [0, 0.05) is 12.1 Å². The Labute approximate surface area is 193 Å². The third kappa shape index (κ3) is 5.60. The van der Waals surface area contributed by atoms with Gasteiger partial charge in [0.2, 0.25) is 0 Å². The molecular formula is C24H25ClN2O4S. The number of sulfonamides is 1. The monoisotopic (exact) mass is 472 g/mol. The highest BCUT2D eigenvalue weighted by molar-refractivity contribution is 7.92. The Morgan fingerprint density at radius 1 is 1.03 bits per heavy atom. The minimum absolute atomic E-state index is 0.0313. The number of carbonyl (C=O) groups is 1. The second-order valence-electron chi connectivity index (χ2n) is 7.26. The summed E-state index contributed by atoms with van der Waals surface area (Å²) in [5, 5.41) is 2.83. The summed E-state index contributed by atoms with van der Waals surface area (Å²) in [7, 11) is -4.00. The van der Waals surface area contributed by atoms with Crippen LogP contribution in [0, 0.1) is 13.8 Å². The first kappa shape index (κ1) is 23.6. The lowest BCUT2D eigenvalue weighted by Gasteiger charge is -2.14. The smallest absolute Gasteiger partial charge is 0.263 e. The summed E-state index contributed by atoms with van der Waals surface area (Å²) in [6.07, 6.45) is 0. The molecule has 0 saturated carbocycles. The van der Waals surface area contributed by atoms with Gasteiger partial charge in [-0.25, -0.2) is 8.42 Å². The normalized spacial score (nSPS) is 11.1. The Hall–Kier alpha value is -3.03. The van der Waals surface area contributed by atoms with Gasteiger partial charge >= 0.3 is 0 Å². The zero-order valence-electron chi connectivity index (χ0n) is 18.1. The zero-order valence-corrected chi connectivity index (χ0v) is 19.7. The van der Waals surface area contributed by atoms with Gasteiger partial charge in [-0.05, 0) is 73.9 Å². The highest BCUT2D eigenvalue weighted by Crippen LogP contribution is 2.27. The van der Waals surface area contributed by atoms with Crippen molar-refractivity contribution in [2.75, 3.05) is 11.3 Å². The number of hydrogen-bond acceptors (Lipinski definition) is 4. The Morgan fingerprint density at radius 3 is 2.53 bits per heavy atom. The maximum Gasteiger partial charge on any atom is 0.263 e. The Kier molecular flexibility index (Phi) is 7.43. The molecule has 0 bridgehead atoms. The fraction of sp³-hybridized carbons (Fsp3) is 0.208. The molecule has 0 heterocycles. The standard InChI is InChI=1S/C24H25ClN2O4S/c1-4-31-20-9-6-8-18(13-20)15-26-24(28)19-11-12-21(25)23(14-19)32(29,30)27-22-10-5-7-16(2)17(22)3/h5-14,27H,4,15H2,1-3H3,(H,26,28). The average Bonchev–Trinajstić information content (AvgIpc) is 2.76. The van der Waals surface area contributed by atoms with Gasteiger partial charge in [-0.15, -0.1) is 0 Å². The van der Waals surface area contributed by atoms with Crippen LogP contribution in [-0.4, -0.2) is 20.9 Å². The van der Waals surface area contributed by atoms with Crippen LogP contribution in [0.15, 0.2) is 65.6 Å². The van der Waals surface area contributed by atoms with Gasteiger partial charge in [0.25, 0.3) is 15.9 Å². The molecule has 168 valence electrons. The van der Waals surface area contributed by atoms with E-state index < -0.39 is 15.9 Å². The predicted molar refractivity (Wildman–Crippen MR) is 127 cm³/mol. The summed E-state index contributed by atoms with van der Waals surface area (Å²) < 4.78 is 34.0. The van der Waals surface area contributed by atoms with Gasteiger partial charge in [-0.1, -0.05) is 35.9 Å². The number of halogens is 1. The Morgan fingerprint density at radius 2 is 1.78 bits per heavy atom. The van der Waals surface area contributed by atoms with Crippen molar-refractivity contribution in [1.82, 2.24) is 5.32 Å². The van der Waals surface area contributed by atoms with Crippen LogP contribution < -0.4 is 14.8 Å². The summed E-state index contributed by atoms with van der Waals surface area (Å²) in [5.74, 6) is 0.309. The minimum Gasteiger partial charge on any atom is -0.494 e. The van der Waals surface area contributed by atoms with Gasteiger partial charge < -0.3 is 10.1 Å². The maximum absolute atomic E-state index is 13.0. The van der Waals surface area contributed by atoms with E-state index in [1.54, 1.807) is 12.1 Å². The van der Waals surface area contributed by atoms with E-state index in [-0.39, 0.29) is 22.0 Å². The third-order valence-corrected chi connectivity index (χ3v) is 6.84. The fourth-order valence-corrected chi connectivity index (χ4v) is 4.76. The van der Waals surface area contributed by atoms with Crippen LogP contribution >= 0.6 is 11.6 Å². The van der Waals surface area contributed by atoms with Crippen LogP contribution in [-0.2, 0) is 16.6 Å². The maximum atomic E-state index is 13.0. The highest BCUT2D eigenvalue weighted by Gasteiger charge is 2.21. The Bertz CT molecular complexity index is 1240. The van der Waals surface area contributed by atoms with Gasteiger partial charge in [-0.2, -0.15) is 0 Å². The van der Waals surface area contributed by atoms with Crippen LogP contribution in [0.5, 0.6) is 5.75 Å². The number of benzene rings is 3. The van der Waals surface area contributed by atoms with E-state index in [1.165, 1.54) is 18.2 Å². The van der Waals surface area contributed by atoms with Gasteiger partial charge in [0.05, 0.1) is 17.3 Å². The van der Waals surface area contributed by atoms with Crippen molar-refractivity contribution in [3.63, 3.8) is 0 Å². The fourth-order valence-electron chi connectivity index (χ4n) is 3.11. The van der Waals surface area contributed by atoms with E-state index in [0.717, 1.165) is 22.4 Å². The number of anilines is 1. The van der Waals surface area contributed by atoms with E-state index in [2.05, 4.69) is 10.0 Å². The summed E-state index contributed by atoms with van der Waals surface area (Å²) in [4.78, 5) is 12.5. The first-order valence-corrected chi connectivity index (χ1v) is 12.0. The Balaban J connectivity index is 1.79. The van der Waals surface area contributed by atoms with Crippen molar-refractivity contribution in [2.45, 2.75) is 32.2 Å². The number of rotatable bonds is 8. The van der Waals surface area contributed by atoms with Gasteiger partial charge in [-0.3, -0.25) is 9.52 Å². The molecule has 3 aromatic carbocycles. The molecule has 0 fully saturated rings. The molecule has 8 heteroatoms. The van der Waals surface area contributed by atoms with E-state index >= 15 is 0 Å². The molecule has 0 saturated heterocycles. The zero-order chi connectivity index (χ0) is 23.3. The van der Waals surface area contributed by atoms with Gasteiger partial charge in [0.1, 0.15) is 10.6 Å². The lowest BCUT2D eigenvalue weighted by atomic mass is 10.1. The number of amides is 1. The number of aryl methyl sites for hydroxylation is 1. The molecule has 0 aliphatic rings. The largest absolute Gasteiger partial charge is 0.494 e. The highest BCUT2D eigenvalue weighted by atomic mass is 35.5. The van der Waals surface area contributed by atoms with Crippen LogP contribution in [0.25, 0.3) is 0 Å². The molecule has 1 amide bonds. The second-order valence-corrected chi connectivity index (χ2v) is 9.32. The minimum atomic E-state index is -4.00. The summed E-state index contributed by atoms with van der Waals surface area (Å²) in [5.41, 5.74) is 3.29. The summed E-state index contributed by atoms with van der Waals surface area (Å²) in [6.45, 7) is 6.45. The van der Waals surface area contributed by atoms with E-state index in [4.69, 9.17) is 16.3 Å². The van der Waals surface area contributed by atoms with E-state index in [9.17, 15) is 13.2 Å². The molecule has 0 aliphatic carbocycles. The lowest BCUT2D eigenvalue weighted by molar-refractivity contribution is 0.0950. The third-order valence-electron chi connectivity index (χ3n) is 4.99. The molecule has 0 aliphatic heterocycles. The molecule has 6 nitrogen and oxygen atoms in total. The molecule has 0 atom stereocenters. The molecular weight excluding hydrogens is 448 g/mol. The quantitative estimate of drug-likeness (QED) is 0.478. The lowest BCUT2D eigenvalue weighted by Crippen LogP contribution is -2.23. The molecule has 0 aromatic heterocycles. The van der Waals surface area contributed by atoms with Crippen LogP contribution in [0.1, 0.15) is 34.0 Å². The number of hydrogen-bond donors (Lipinski definition) is 2. The molecule has 3 rings (SSSR count). The molecule has 3 aromatic rings. The van der Waals surface area contributed by atoms with Crippen molar-refractivity contribution in [3.8, 4) is 5.75 Å². The van der Waals surface area contributed by atoms with E-state index in [0.29, 0.717) is 12.3 Å². The second kappa shape index (κ2) is 10.1. The average molecular weight is 473 g/mol. The molecule has 2 N–H and O–H groups in total. The van der Waals surface area contributed by atoms with Crippen molar-refractivity contribution < 1.29 is 17.9 Å². The van der Waals surface area contributed by atoms with Crippen LogP contribution in [0.2, 0.25) is 5.02 Å².